The molecule has 1 aromatic carbocycles. The minimum atomic E-state index is -4.23. The molecule has 0 saturated carbocycles. The molecule has 1 fully saturated rings. The largest absolute Gasteiger partial charge is 0.496 e. The van der Waals surface area contributed by atoms with E-state index in [-0.39, 0.29) is 0 Å². The van der Waals surface area contributed by atoms with Crippen molar-refractivity contribution in [3.63, 3.8) is 0 Å². The molecular weight excluding hydrogens is 418 g/mol. The summed E-state index contributed by atoms with van der Waals surface area (Å²) in [4.78, 5) is 12.9. The Morgan fingerprint density at radius 3 is 2.70 bits per heavy atom. The van der Waals surface area contributed by atoms with Crippen molar-refractivity contribution in [2.24, 2.45) is 5.14 Å². The zero-order valence-corrected chi connectivity index (χ0v) is 16.5. The van der Waals surface area contributed by atoms with Crippen LogP contribution in [0.25, 0.3) is 22.4 Å². The highest BCUT2D eigenvalue weighted by Gasteiger charge is 2.45. The van der Waals surface area contributed by atoms with Gasteiger partial charge in [0.2, 0.25) is 0 Å². The zero-order chi connectivity index (χ0) is 21.5. The zero-order valence-electron chi connectivity index (χ0n) is 15.7. The SMILES string of the molecule is COc1ccccc1-c1ncnc2c1ncn2[C@@H]1O[C@H](COS(N)(=O)=O)[C@@H](O)[C@H]1O. The molecule has 13 heteroatoms. The number of hydrogen-bond donors (Lipinski definition) is 3. The predicted molar refractivity (Wildman–Crippen MR) is 102 cm³/mol. The van der Waals surface area contributed by atoms with Crippen LogP contribution in [0.15, 0.2) is 36.9 Å². The molecule has 0 bridgehead atoms. The van der Waals surface area contributed by atoms with Gasteiger partial charge in [-0.25, -0.2) is 20.1 Å². The third-order valence-electron chi connectivity index (χ3n) is 4.73. The molecule has 0 aliphatic carbocycles. The van der Waals surface area contributed by atoms with Crippen molar-refractivity contribution in [3.05, 3.63) is 36.9 Å². The molecular formula is C17H19N5O7S. The monoisotopic (exact) mass is 437 g/mol. The smallest absolute Gasteiger partial charge is 0.333 e. The van der Waals surface area contributed by atoms with Gasteiger partial charge in [-0.3, -0.25) is 8.75 Å². The summed E-state index contributed by atoms with van der Waals surface area (Å²) in [6, 6.07) is 7.27. The molecule has 3 aromatic rings. The van der Waals surface area contributed by atoms with E-state index < -0.39 is 41.5 Å². The molecule has 12 nitrogen and oxygen atoms in total. The van der Waals surface area contributed by atoms with Gasteiger partial charge in [0.15, 0.2) is 11.9 Å². The molecule has 4 N–H and O–H groups in total. The Kier molecular flexibility index (Phi) is 5.40. The summed E-state index contributed by atoms with van der Waals surface area (Å²) >= 11 is 0. The van der Waals surface area contributed by atoms with Crippen molar-refractivity contribution < 1.29 is 32.3 Å². The Balaban J connectivity index is 1.69. The second-order valence-electron chi connectivity index (χ2n) is 6.57. The summed E-state index contributed by atoms with van der Waals surface area (Å²) in [5, 5.41) is 25.5. The lowest BCUT2D eigenvalue weighted by atomic mass is 10.1. The molecule has 1 aliphatic heterocycles. The molecule has 30 heavy (non-hydrogen) atoms. The van der Waals surface area contributed by atoms with Crippen LogP contribution in [0.5, 0.6) is 5.75 Å². The molecule has 0 unspecified atom stereocenters. The van der Waals surface area contributed by atoms with E-state index >= 15 is 0 Å². The lowest BCUT2D eigenvalue weighted by Gasteiger charge is -2.16. The number of aliphatic hydroxyl groups is 2. The van der Waals surface area contributed by atoms with E-state index in [0.717, 1.165) is 0 Å². The maximum atomic E-state index is 11.0. The van der Waals surface area contributed by atoms with E-state index in [4.69, 9.17) is 14.6 Å². The van der Waals surface area contributed by atoms with Crippen LogP contribution >= 0.6 is 0 Å². The van der Waals surface area contributed by atoms with E-state index in [1.54, 1.807) is 13.2 Å². The van der Waals surface area contributed by atoms with Gasteiger partial charge in [-0.15, -0.1) is 0 Å². The lowest BCUT2D eigenvalue weighted by molar-refractivity contribution is -0.0467. The second kappa shape index (κ2) is 7.86. The molecule has 3 heterocycles. The average molecular weight is 437 g/mol. The van der Waals surface area contributed by atoms with E-state index in [0.29, 0.717) is 28.2 Å². The van der Waals surface area contributed by atoms with Crippen molar-refractivity contribution in [3.8, 4) is 17.0 Å². The van der Waals surface area contributed by atoms with Gasteiger partial charge in [-0.05, 0) is 12.1 Å². The first-order valence-corrected chi connectivity index (χ1v) is 10.3. The fourth-order valence-electron chi connectivity index (χ4n) is 3.33. The number of aromatic nitrogens is 4. The van der Waals surface area contributed by atoms with Gasteiger partial charge in [0, 0.05) is 5.56 Å². The van der Waals surface area contributed by atoms with Crippen molar-refractivity contribution in [2.75, 3.05) is 13.7 Å². The normalized spacial score (nSPS) is 24.4. The molecule has 4 rings (SSSR count). The maximum Gasteiger partial charge on any atom is 0.333 e. The highest BCUT2D eigenvalue weighted by molar-refractivity contribution is 7.84. The number of rotatable bonds is 6. The number of aliphatic hydroxyl groups excluding tert-OH is 2. The van der Waals surface area contributed by atoms with Gasteiger partial charge in [-0.1, -0.05) is 12.1 Å². The van der Waals surface area contributed by atoms with E-state index in [1.807, 2.05) is 18.2 Å². The number of hydrogen-bond acceptors (Lipinski definition) is 10. The quantitative estimate of drug-likeness (QED) is 0.449. The first kappa shape index (κ1) is 20.6. The fraction of sp³-hybridized carbons (Fsp3) is 0.353. The van der Waals surface area contributed by atoms with Crippen molar-refractivity contribution >= 4 is 21.5 Å². The Bertz CT molecular complexity index is 1170. The van der Waals surface area contributed by atoms with Crippen LogP contribution in [0.3, 0.4) is 0 Å². The van der Waals surface area contributed by atoms with Gasteiger partial charge in [-0.2, -0.15) is 8.42 Å². The number of methoxy groups -OCH3 is 1. The second-order valence-corrected chi connectivity index (χ2v) is 7.79. The highest BCUT2D eigenvalue weighted by Crippen LogP contribution is 2.35. The summed E-state index contributed by atoms with van der Waals surface area (Å²) in [6.45, 7) is -0.554. The number of nitrogens with two attached hydrogens (primary N) is 1. The fourth-order valence-corrected chi connectivity index (χ4v) is 3.66. The summed E-state index contributed by atoms with van der Waals surface area (Å²) in [7, 11) is -2.68. The summed E-state index contributed by atoms with van der Waals surface area (Å²) in [5.74, 6) is 0.597. The van der Waals surface area contributed by atoms with Crippen molar-refractivity contribution in [2.45, 2.75) is 24.5 Å². The number of imidazole rings is 1. The third kappa shape index (κ3) is 3.74. The highest BCUT2D eigenvalue weighted by atomic mass is 32.2. The van der Waals surface area contributed by atoms with Crippen molar-refractivity contribution in [1.82, 2.24) is 19.5 Å². The van der Waals surface area contributed by atoms with Crippen molar-refractivity contribution in [1.29, 1.82) is 0 Å². The Morgan fingerprint density at radius 1 is 1.20 bits per heavy atom. The molecule has 0 radical (unpaired) electrons. The first-order chi connectivity index (χ1) is 14.3. The number of ether oxygens (including phenoxy) is 2. The molecule has 1 aliphatic rings. The summed E-state index contributed by atoms with van der Waals surface area (Å²) in [5.41, 5.74) is 1.98. The van der Waals surface area contributed by atoms with Crippen LogP contribution in [-0.2, 0) is 19.2 Å². The number of benzene rings is 1. The summed E-state index contributed by atoms with van der Waals surface area (Å²) in [6.07, 6.45) is -2.29. The van der Waals surface area contributed by atoms with Gasteiger partial charge >= 0.3 is 10.3 Å². The van der Waals surface area contributed by atoms with Crippen LogP contribution < -0.4 is 9.88 Å². The number of para-hydroxylation sites is 1. The lowest BCUT2D eigenvalue weighted by Crippen LogP contribution is -2.35. The van der Waals surface area contributed by atoms with E-state index in [9.17, 15) is 18.6 Å². The molecule has 0 spiro atoms. The minimum absolute atomic E-state index is 0.343. The van der Waals surface area contributed by atoms with Gasteiger partial charge in [0.1, 0.15) is 41.6 Å². The Hall–Kier alpha value is -2.68. The van der Waals surface area contributed by atoms with Gasteiger partial charge in [0.05, 0.1) is 20.0 Å². The average Bonchev–Trinajstić information content (AvgIpc) is 3.27. The maximum absolute atomic E-state index is 11.0. The standard InChI is InChI=1S/C17H19N5O7S/c1-27-10-5-3-2-4-9(10)12-13-16(20-7-19-12)22(8-21-13)17-15(24)14(23)11(29-17)6-28-30(18,25)26/h2-5,7-8,11,14-15,17,23-24H,6H2,1H3,(H2,18,25,26)/t11-,14-,15-,17-/m1/s1. The molecule has 1 saturated heterocycles. The third-order valence-corrected chi connectivity index (χ3v) is 5.19. The van der Waals surface area contributed by atoms with Crippen LogP contribution in [0.2, 0.25) is 0 Å². The van der Waals surface area contributed by atoms with Crippen LogP contribution in [-0.4, -0.2) is 70.2 Å². The predicted octanol–water partition coefficient (Wildman–Crippen LogP) is -0.659. The van der Waals surface area contributed by atoms with Gasteiger partial charge < -0.3 is 19.7 Å². The minimum Gasteiger partial charge on any atom is -0.496 e. The van der Waals surface area contributed by atoms with Gasteiger partial charge in [0.25, 0.3) is 0 Å². The van der Waals surface area contributed by atoms with Crippen LogP contribution in [0, 0.1) is 0 Å². The molecule has 2 aromatic heterocycles. The number of fused-ring (bicyclic) bond motifs is 1. The molecule has 4 atom stereocenters. The first-order valence-electron chi connectivity index (χ1n) is 8.80. The number of nitrogens with zero attached hydrogens (tertiary/aromatic N) is 4. The topological polar surface area (TPSA) is 172 Å². The Labute approximate surface area is 171 Å². The molecule has 160 valence electrons. The summed E-state index contributed by atoms with van der Waals surface area (Å²) < 4.78 is 38.9. The van der Waals surface area contributed by atoms with Crippen LogP contribution in [0.1, 0.15) is 6.23 Å². The Morgan fingerprint density at radius 2 is 1.97 bits per heavy atom. The van der Waals surface area contributed by atoms with E-state index in [2.05, 4.69) is 19.1 Å². The molecule has 0 amide bonds. The van der Waals surface area contributed by atoms with E-state index in [1.165, 1.54) is 17.2 Å². The van der Waals surface area contributed by atoms with Crippen LogP contribution in [0.4, 0.5) is 0 Å².